The van der Waals surface area contributed by atoms with E-state index in [1.165, 1.54) is 6.07 Å². The van der Waals surface area contributed by atoms with Crippen LogP contribution in [0.2, 0.25) is 5.02 Å². The molecule has 28 heavy (non-hydrogen) atoms. The van der Waals surface area contributed by atoms with Crippen LogP contribution in [-0.4, -0.2) is 31.2 Å². The Labute approximate surface area is 167 Å². The summed E-state index contributed by atoms with van der Waals surface area (Å²) in [5, 5.41) is 5.74. The van der Waals surface area contributed by atoms with E-state index in [1.54, 1.807) is 38.4 Å². The molecule has 0 saturated heterocycles. The van der Waals surface area contributed by atoms with E-state index in [-0.39, 0.29) is 22.2 Å². The normalized spacial score (nSPS) is 11.4. The highest BCUT2D eigenvalue weighted by atomic mass is 35.5. The second-order valence-corrected chi connectivity index (χ2v) is 8.26. The van der Waals surface area contributed by atoms with Gasteiger partial charge in [-0.2, -0.15) is 0 Å². The Bertz CT molecular complexity index is 1120. The molecule has 7 nitrogen and oxygen atoms in total. The number of anilines is 4. The first-order valence-corrected chi connectivity index (χ1v) is 10.6. The fourth-order valence-electron chi connectivity index (χ4n) is 2.59. The monoisotopic (exact) mass is 423 g/mol. The van der Waals surface area contributed by atoms with Gasteiger partial charge in [-0.05, 0) is 36.8 Å². The van der Waals surface area contributed by atoms with Gasteiger partial charge in [0.25, 0.3) is 0 Å². The number of nitrogens with zero attached hydrogens (tertiary/aromatic N) is 2. The van der Waals surface area contributed by atoms with Crippen LogP contribution in [0, 0.1) is 5.82 Å². The van der Waals surface area contributed by atoms with E-state index < -0.39 is 15.8 Å². The van der Waals surface area contributed by atoms with Crippen molar-refractivity contribution >= 4 is 55.5 Å². The van der Waals surface area contributed by atoms with Gasteiger partial charge in [-0.1, -0.05) is 18.5 Å². The number of fused-ring (bicyclic) bond motifs is 1. The maximum Gasteiger partial charge on any atom is 0.232 e. The summed E-state index contributed by atoms with van der Waals surface area (Å²) in [5.74, 6) is -0.0690. The molecule has 0 fully saturated rings. The van der Waals surface area contributed by atoms with Crippen molar-refractivity contribution in [2.24, 2.45) is 0 Å². The van der Waals surface area contributed by atoms with Crippen molar-refractivity contribution < 1.29 is 12.8 Å². The molecule has 0 aliphatic heterocycles. The van der Waals surface area contributed by atoms with Gasteiger partial charge in [0.1, 0.15) is 11.6 Å². The summed E-state index contributed by atoms with van der Waals surface area (Å²) in [4.78, 5) is 8.67. The number of rotatable bonds is 7. The third-order valence-electron chi connectivity index (χ3n) is 3.90. The summed E-state index contributed by atoms with van der Waals surface area (Å²) in [6, 6.07) is 7.59. The van der Waals surface area contributed by atoms with Crippen molar-refractivity contribution in [3.05, 3.63) is 47.4 Å². The Morgan fingerprint density at radius 2 is 1.96 bits per heavy atom. The molecule has 3 aromatic rings. The van der Waals surface area contributed by atoms with Crippen LogP contribution in [0.25, 0.3) is 11.0 Å². The Balaban J connectivity index is 1.95. The van der Waals surface area contributed by atoms with Crippen LogP contribution < -0.4 is 15.4 Å². The van der Waals surface area contributed by atoms with E-state index >= 15 is 0 Å². The predicted molar refractivity (Wildman–Crippen MR) is 111 cm³/mol. The SMILES string of the molecule is CCCS(=O)(=O)Nc1ccc(F)c(Nc2ccc3ncc(NC)nc3c2)c1Cl. The molecular weight excluding hydrogens is 405 g/mol. The molecule has 3 N–H and O–H groups in total. The second-order valence-electron chi connectivity index (χ2n) is 6.04. The first-order chi connectivity index (χ1) is 13.3. The quantitative estimate of drug-likeness (QED) is 0.522. The number of aromatic nitrogens is 2. The number of hydrogen-bond donors (Lipinski definition) is 3. The van der Waals surface area contributed by atoms with Crippen LogP contribution in [0.4, 0.5) is 27.3 Å². The molecule has 3 rings (SSSR count). The molecule has 0 unspecified atom stereocenters. The molecule has 1 heterocycles. The van der Waals surface area contributed by atoms with Crippen molar-refractivity contribution in [1.29, 1.82) is 0 Å². The van der Waals surface area contributed by atoms with Gasteiger partial charge in [0.15, 0.2) is 0 Å². The van der Waals surface area contributed by atoms with Gasteiger partial charge in [0.05, 0.1) is 39.4 Å². The summed E-state index contributed by atoms with van der Waals surface area (Å²) in [6.07, 6.45) is 2.06. The van der Waals surface area contributed by atoms with E-state index in [0.717, 1.165) is 6.07 Å². The van der Waals surface area contributed by atoms with Gasteiger partial charge in [0, 0.05) is 12.7 Å². The van der Waals surface area contributed by atoms with Crippen molar-refractivity contribution in [2.75, 3.05) is 28.2 Å². The molecular formula is C18H19ClFN5O2S. The molecule has 0 bridgehead atoms. The Kier molecular flexibility index (Phi) is 5.85. The lowest BCUT2D eigenvalue weighted by molar-refractivity contribution is 0.599. The van der Waals surface area contributed by atoms with E-state index in [2.05, 4.69) is 25.3 Å². The van der Waals surface area contributed by atoms with Crippen molar-refractivity contribution in [3.63, 3.8) is 0 Å². The first kappa shape index (κ1) is 20.1. The average molecular weight is 424 g/mol. The van der Waals surface area contributed by atoms with E-state index in [1.807, 2.05) is 0 Å². The summed E-state index contributed by atoms with van der Waals surface area (Å²) in [7, 11) is -1.82. The largest absolute Gasteiger partial charge is 0.372 e. The Morgan fingerprint density at radius 3 is 2.68 bits per heavy atom. The highest BCUT2D eigenvalue weighted by molar-refractivity contribution is 7.92. The number of benzene rings is 2. The van der Waals surface area contributed by atoms with Crippen molar-refractivity contribution in [1.82, 2.24) is 9.97 Å². The zero-order valence-corrected chi connectivity index (χ0v) is 16.8. The van der Waals surface area contributed by atoms with E-state index in [4.69, 9.17) is 11.6 Å². The summed E-state index contributed by atoms with van der Waals surface area (Å²) >= 11 is 6.27. The molecule has 0 radical (unpaired) electrons. The number of hydrogen-bond acceptors (Lipinski definition) is 6. The third kappa shape index (κ3) is 4.42. The topological polar surface area (TPSA) is 96.0 Å². The molecule has 0 amide bonds. The number of sulfonamides is 1. The molecule has 0 saturated carbocycles. The minimum Gasteiger partial charge on any atom is -0.372 e. The van der Waals surface area contributed by atoms with Gasteiger partial charge in [-0.3, -0.25) is 9.71 Å². The van der Waals surface area contributed by atoms with Gasteiger partial charge in [-0.25, -0.2) is 17.8 Å². The summed E-state index contributed by atoms with van der Waals surface area (Å²) in [6.45, 7) is 1.75. The summed E-state index contributed by atoms with van der Waals surface area (Å²) < 4.78 is 40.8. The lowest BCUT2D eigenvalue weighted by Crippen LogP contribution is -2.16. The third-order valence-corrected chi connectivity index (χ3v) is 5.77. The highest BCUT2D eigenvalue weighted by Crippen LogP contribution is 2.35. The van der Waals surface area contributed by atoms with Crippen LogP contribution in [0.15, 0.2) is 36.5 Å². The maximum absolute atomic E-state index is 14.4. The fourth-order valence-corrected chi connectivity index (χ4v) is 4.04. The smallest absolute Gasteiger partial charge is 0.232 e. The maximum atomic E-state index is 14.4. The van der Waals surface area contributed by atoms with Gasteiger partial charge in [0.2, 0.25) is 10.0 Å². The minimum atomic E-state index is -3.56. The summed E-state index contributed by atoms with van der Waals surface area (Å²) in [5.41, 5.74) is 1.89. The molecule has 1 aromatic heterocycles. The van der Waals surface area contributed by atoms with Crippen LogP contribution >= 0.6 is 11.6 Å². The van der Waals surface area contributed by atoms with Gasteiger partial charge in [-0.15, -0.1) is 0 Å². The van der Waals surface area contributed by atoms with Gasteiger partial charge < -0.3 is 10.6 Å². The Morgan fingerprint density at radius 1 is 1.18 bits per heavy atom. The molecule has 2 aromatic carbocycles. The van der Waals surface area contributed by atoms with Crippen LogP contribution in [0.3, 0.4) is 0 Å². The molecule has 0 aliphatic carbocycles. The standard InChI is InChI=1S/C18H19ClFN5O2S/c1-3-8-28(26,27)25-14-7-5-12(20)18(17(14)19)23-11-4-6-13-15(9-11)24-16(21-2)10-22-13/h4-7,9-10,23,25H,3,8H2,1-2H3,(H,21,24). The molecule has 10 heteroatoms. The van der Waals surface area contributed by atoms with E-state index in [9.17, 15) is 12.8 Å². The number of halogens is 2. The first-order valence-electron chi connectivity index (χ1n) is 8.53. The molecule has 148 valence electrons. The number of nitrogens with one attached hydrogen (secondary N) is 3. The molecule has 0 atom stereocenters. The van der Waals surface area contributed by atoms with Gasteiger partial charge >= 0.3 is 0 Å². The minimum absolute atomic E-state index is 0.0320. The predicted octanol–water partition coefficient (Wildman–Crippen LogP) is 4.36. The van der Waals surface area contributed by atoms with Crippen LogP contribution in [-0.2, 0) is 10.0 Å². The zero-order valence-electron chi connectivity index (χ0n) is 15.3. The lowest BCUT2D eigenvalue weighted by atomic mass is 10.2. The second kappa shape index (κ2) is 8.15. The van der Waals surface area contributed by atoms with Crippen molar-refractivity contribution in [2.45, 2.75) is 13.3 Å². The van der Waals surface area contributed by atoms with Crippen LogP contribution in [0.5, 0.6) is 0 Å². The van der Waals surface area contributed by atoms with Crippen LogP contribution in [0.1, 0.15) is 13.3 Å². The highest BCUT2D eigenvalue weighted by Gasteiger charge is 2.17. The Hall–Kier alpha value is -2.65. The average Bonchev–Trinajstić information content (AvgIpc) is 2.66. The van der Waals surface area contributed by atoms with Crippen molar-refractivity contribution in [3.8, 4) is 0 Å². The molecule has 0 aliphatic rings. The fraction of sp³-hybridized carbons (Fsp3) is 0.222. The van der Waals surface area contributed by atoms with E-state index in [0.29, 0.717) is 29.0 Å². The zero-order chi connectivity index (χ0) is 20.3. The molecule has 0 spiro atoms. The lowest BCUT2D eigenvalue weighted by Gasteiger charge is -2.15.